The lowest BCUT2D eigenvalue weighted by Crippen LogP contribution is -2.45. The molecule has 1 aromatic rings. The predicted octanol–water partition coefficient (Wildman–Crippen LogP) is 4.38. The normalized spacial score (nSPS) is 22.0. The van der Waals surface area contributed by atoms with Gasteiger partial charge in [0.25, 0.3) is 0 Å². The van der Waals surface area contributed by atoms with Gasteiger partial charge in [-0.25, -0.2) is 0 Å². The highest BCUT2D eigenvalue weighted by molar-refractivity contribution is 9.10. The lowest BCUT2D eigenvalue weighted by molar-refractivity contribution is -0.133. The summed E-state index contributed by atoms with van der Waals surface area (Å²) in [6.07, 6.45) is 5.52. The van der Waals surface area contributed by atoms with E-state index in [9.17, 15) is 9.59 Å². The molecule has 3 rings (SSSR count). The topological polar surface area (TPSA) is 40.6 Å². The Hall–Kier alpha value is -1.20. The maximum atomic E-state index is 12.6. The van der Waals surface area contributed by atoms with E-state index < -0.39 is 0 Å². The van der Waals surface area contributed by atoms with Crippen molar-refractivity contribution in [1.29, 1.82) is 0 Å². The highest BCUT2D eigenvalue weighted by Gasteiger charge is 2.26. The molecule has 1 amide bonds. The van der Waals surface area contributed by atoms with Crippen LogP contribution in [0.2, 0.25) is 0 Å². The summed E-state index contributed by atoms with van der Waals surface area (Å²) in [5.74, 6) is 1.62. The van der Waals surface area contributed by atoms with E-state index in [2.05, 4.69) is 27.8 Å². The number of likely N-dealkylation sites (tertiary alicyclic amines) is 2. The van der Waals surface area contributed by atoms with Gasteiger partial charge >= 0.3 is 0 Å². The highest BCUT2D eigenvalue weighted by atomic mass is 79.9. The first kappa shape index (κ1) is 20.5. The minimum absolute atomic E-state index is 0.0480. The molecule has 1 unspecified atom stereocenters. The Balaban J connectivity index is 1.43. The summed E-state index contributed by atoms with van der Waals surface area (Å²) in [6.45, 7) is 7.57. The van der Waals surface area contributed by atoms with Gasteiger partial charge in [0.05, 0.1) is 0 Å². The van der Waals surface area contributed by atoms with Gasteiger partial charge in [-0.15, -0.1) is 0 Å². The summed E-state index contributed by atoms with van der Waals surface area (Å²) < 4.78 is 0.956. The van der Waals surface area contributed by atoms with Gasteiger partial charge in [0.1, 0.15) is 0 Å². The van der Waals surface area contributed by atoms with Gasteiger partial charge in [0.15, 0.2) is 5.78 Å². The fourth-order valence-corrected chi connectivity index (χ4v) is 4.47. The molecule has 0 N–H and O–H groups in total. The summed E-state index contributed by atoms with van der Waals surface area (Å²) in [5.41, 5.74) is 0.682. The molecule has 2 aliphatic heterocycles. The molecule has 148 valence electrons. The van der Waals surface area contributed by atoms with E-state index in [0.29, 0.717) is 24.3 Å². The highest BCUT2D eigenvalue weighted by Crippen LogP contribution is 2.22. The zero-order valence-corrected chi connectivity index (χ0v) is 17.9. The van der Waals surface area contributed by atoms with Crippen molar-refractivity contribution in [3.05, 3.63) is 34.3 Å². The van der Waals surface area contributed by atoms with Crippen molar-refractivity contribution >= 4 is 27.6 Å². The molecule has 1 atom stereocenters. The molecule has 2 fully saturated rings. The molecule has 0 saturated carbocycles. The van der Waals surface area contributed by atoms with Gasteiger partial charge < -0.3 is 9.80 Å². The Morgan fingerprint density at radius 2 is 1.74 bits per heavy atom. The lowest BCUT2D eigenvalue weighted by atomic mass is 9.94. The quantitative estimate of drug-likeness (QED) is 0.623. The molecule has 0 spiro atoms. The van der Waals surface area contributed by atoms with Crippen molar-refractivity contribution in [2.45, 2.75) is 45.4 Å². The van der Waals surface area contributed by atoms with Gasteiger partial charge in [0, 0.05) is 42.5 Å². The minimum atomic E-state index is 0.0480. The van der Waals surface area contributed by atoms with Crippen LogP contribution in [0.3, 0.4) is 0 Å². The van der Waals surface area contributed by atoms with Crippen molar-refractivity contribution in [2.75, 3.05) is 32.7 Å². The Kier molecular flexibility index (Phi) is 7.48. The van der Waals surface area contributed by atoms with Crippen molar-refractivity contribution in [3.63, 3.8) is 0 Å². The molecular formula is C22H31BrN2O2. The zero-order valence-electron chi connectivity index (χ0n) is 16.3. The smallest absolute Gasteiger partial charge is 0.223 e. The number of benzene rings is 1. The van der Waals surface area contributed by atoms with Gasteiger partial charge in [-0.1, -0.05) is 35.0 Å². The Bertz CT molecular complexity index is 638. The first-order chi connectivity index (χ1) is 13.0. The Morgan fingerprint density at radius 1 is 1.04 bits per heavy atom. The number of amides is 1. The molecule has 2 aliphatic rings. The molecule has 0 aromatic heterocycles. The summed E-state index contributed by atoms with van der Waals surface area (Å²) in [4.78, 5) is 29.5. The predicted molar refractivity (Wildman–Crippen MR) is 112 cm³/mol. The van der Waals surface area contributed by atoms with E-state index in [1.54, 1.807) is 0 Å². The standard InChI is InChI=1S/C22H31BrN2O2/c1-17-10-13-24(14-11-17)15-18-3-2-12-25(16-18)22(27)9-8-21(26)19-4-6-20(23)7-5-19/h4-7,17-18H,2-3,8-16H2,1H3. The molecular weight excluding hydrogens is 404 g/mol. The van der Waals surface area contributed by atoms with Crippen molar-refractivity contribution in [2.24, 2.45) is 11.8 Å². The fraction of sp³-hybridized carbons (Fsp3) is 0.636. The Labute approximate surface area is 171 Å². The summed E-state index contributed by atoms with van der Waals surface area (Å²) in [6, 6.07) is 7.36. The largest absolute Gasteiger partial charge is 0.342 e. The van der Waals surface area contributed by atoms with Crippen LogP contribution in [-0.2, 0) is 4.79 Å². The van der Waals surface area contributed by atoms with Crippen LogP contribution in [0.25, 0.3) is 0 Å². The van der Waals surface area contributed by atoms with Crippen LogP contribution in [0.4, 0.5) is 0 Å². The van der Waals surface area contributed by atoms with Gasteiger partial charge in [0.2, 0.25) is 5.91 Å². The maximum absolute atomic E-state index is 12.6. The molecule has 0 aliphatic carbocycles. The second-order valence-electron chi connectivity index (χ2n) is 8.26. The van der Waals surface area contributed by atoms with Crippen molar-refractivity contribution < 1.29 is 9.59 Å². The van der Waals surface area contributed by atoms with Crippen LogP contribution in [0.1, 0.15) is 55.8 Å². The fourth-order valence-electron chi connectivity index (χ4n) is 4.21. The third-order valence-corrected chi connectivity index (χ3v) is 6.53. The minimum Gasteiger partial charge on any atom is -0.342 e. The van der Waals surface area contributed by atoms with Crippen LogP contribution in [-0.4, -0.2) is 54.2 Å². The number of halogens is 1. The third kappa shape index (κ3) is 6.15. The lowest BCUT2D eigenvalue weighted by Gasteiger charge is -2.38. The number of hydrogen-bond acceptors (Lipinski definition) is 3. The number of hydrogen-bond donors (Lipinski definition) is 0. The van der Waals surface area contributed by atoms with Gasteiger partial charge in [-0.2, -0.15) is 0 Å². The monoisotopic (exact) mass is 434 g/mol. The molecule has 2 saturated heterocycles. The van der Waals surface area contributed by atoms with Crippen LogP contribution in [0, 0.1) is 11.8 Å². The van der Waals surface area contributed by atoms with Crippen LogP contribution >= 0.6 is 15.9 Å². The Morgan fingerprint density at radius 3 is 2.44 bits per heavy atom. The van der Waals surface area contributed by atoms with E-state index in [0.717, 1.165) is 36.4 Å². The molecule has 1 aromatic carbocycles. The maximum Gasteiger partial charge on any atom is 0.223 e. The molecule has 4 nitrogen and oxygen atoms in total. The van der Waals surface area contributed by atoms with Crippen LogP contribution < -0.4 is 0 Å². The molecule has 2 heterocycles. The van der Waals surface area contributed by atoms with E-state index in [1.165, 1.54) is 32.4 Å². The van der Waals surface area contributed by atoms with Crippen LogP contribution in [0.5, 0.6) is 0 Å². The average molecular weight is 435 g/mol. The second-order valence-corrected chi connectivity index (χ2v) is 9.18. The molecule has 27 heavy (non-hydrogen) atoms. The molecule has 5 heteroatoms. The van der Waals surface area contributed by atoms with E-state index in [-0.39, 0.29) is 11.7 Å². The first-order valence-corrected chi connectivity index (χ1v) is 11.1. The first-order valence-electron chi connectivity index (χ1n) is 10.3. The average Bonchev–Trinajstić information content (AvgIpc) is 2.68. The number of nitrogens with zero attached hydrogens (tertiary/aromatic N) is 2. The SMILES string of the molecule is CC1CCN(CC2CCCN(C(=O)CCC(=O)c3ccc(Br)cc3)C2)CC1. The van der Waals surface area contributed by atoms with Crippen molar-refractivity contribution in [3.8, 4) is 0 Å². The number of Topliss-reactive ketones (excluding diaryl/α,β-unsaturated/α-hetero) is 1. The second kappa shape index (κ2) is 9.83. The van der Waals surface area contributed by atoms with Crippen LogP contribution in [0.15, 0.2) is 28.7 Å². The van der Waals surface area contributed by atoms with E-state index in [4.69, 9.17) is 0 Å². The number of ketones is 1. The molecule has 0 bridgehead atoms. The van der Waals surface area contributed by atoms with Gasteiger partial charge in [-0.05, 0) is 62.7 Å². The van der Waals surface area contributed by atoms with Gasteiger partial charge in [-0.3, -0.25) is 9.59 Å². The third-order valence-electron chi connectivity index (χ3n) is 6.00. The number of rotatable bonds is 6. The van der Waals surface area contributed by atoms with E-state index >= 15 is 0 Å². The van der Waals surface area contributed by atoms with E-state index in [1.807, 2.05) is 29.2 Å². The summed E-state index contributed by atoms with van der Waals surface area (Å²) in [7, 11) is 0. The number of carbonyl (C=O) groups is 2. The zero-order chi connectivity index (χ0) is 19.2. The number of carbonyl (C=O) groups excluding carboxylic acids is 2. The number of piperidine rings is 2. The summed E-state index contributed by atoms with van der Waals surface area (Å²) >= 11 is 3.38. The van der Waals surface area contributed by atoms with Crippen molar-refractivity contribution in [1.82, 2.24) is 9.80 Å². The molecule has 0 radical (unpaired) electrons. The summed E-state index contributed by atoms with van der Waals surface area (Å²) in [5, 5.41) is 0.